The molecule has 1 heterocycles. The molecule has 1 N–H and O–H groups in total. The third-order valence-electron chi connectivity index (χ3n) is 3.63. The number of benzene rings is 1. The molecular weight excluding hydrogens is 238 g/mol. The number of aliphatic carboxylic acids is 1. The van der Waals surface area contributed by atoms with E-state index in [0.717, 1.165) is 5.56 Å². The molecule has 0 aliphatic carbocycles. The minimum atomic E-state index is -0.739. The second kappa shape index (κ2) is 5.08. The number of aryl methyl sites for hydroxylation is 1. The third-order valence-corrected chi connectivity index (χ3v) is 3.63. The standard InChI is InChI=1S/C16H21NO2/c1-10(2)17-12(4)9-14-13(6-5-7-15(14)17)8-11(3)16(18)19/h5-7,9-11H,8H2,1-4H3,(H,18,19). The zero-order valence-electron chi connectivity index (χ0n) is 12.0. The molecule has 1 unspecified atom stereocenters. The van der Waals surface area contributed by atoms with E-state index in [0.29, 0.717) is 12.5 Å². The first-order valence-corrected chi connectivity index (χ1v) is 6.74. The Morgan fingerprint density at radius 3 is 2.58 bits per heavy atom. The van der Waals surface area contributed by atoms with Crippen LogP contribution in [0.3, 0.4) is 0 Å². The van der Waals surface area contributed by atoms with Crippen molar-refractivity contribution in [2.24, 2.45) is 5.92 Å². The Morgan fingerprint density at radius 2 is 2.00 bits per heavy atom. The lowest BCUT2D eigenvalue weighted by molar-refractivity contribution is -0.141. The van der Waals surface area contributed by atoms with Crippen molar-refractivity contribution in [3.05, 3.63) is 35.5 Å². The van der Waals surface area contributed by atoms with Crippen molar-refractivity contribution in [1.29, 1.82) is 0 Å². The molecule has 0 spiro atoms. The van der Waals surface area contributed by atoms with E-state index in [2.05, 4.69) is 37.5 Å². The van der Waals surface area contributed by atoms with Crippen LogP contribution in [-0.2, 0) is 11.2 Å². The fourth-order valence-electron chi connectivity index (χ4n) is 2.73. The monoisotopic (exact) mass is 259 g/mol. The molecule has 102 valence electrons. The van der Waals surface area contributed by atoms with Gasteiger partial charge in [0.05, 0.1) is 5.92 Å². The molecule has 2 aromatic rings. The van der Waals surface area contributed by atoms with E-state index < -0.39 is 5.97 Å². The Kier molecular flexibility index (Phi) is 3.65. The number of rotatable bonds is 4. The predicted molar refractivity (Wildman–Crippen MR) is 77.6 cm³/mol. The first-order valence-electron chi connectivity index (χ1n) is 6.74. The summed E-state index contributed by atoms with van der Waals surface area (Å²) in [6.45, 7) is 8.19. The van der Waals surface area contributed by atoms with E-state index in [1.54, 1.807) is 6.92 Å². The minimum absolute atomic E-state index is 0.353. The van der Waals surface area contributed by atoms with Gasteiger partial charge < -0.3 is 9.67 Å². The minimum Gasteiger partial charge on any atom is -0.481 e. The normalized spacial score (nSPS) is 13.1. The summed E-state index contributed by atoms with van der Waals surface area (Å²) in [4.78, 5) is 11.0. The summed E-state index contributed by atoms with van der Waals surface area (Å²) in [5.74, 6) is -1.09. The summed E-state index contributed by atoms with van der Waals surface area (Å²) >= 11 is 0. The first kappa shape index (κ1) is 13.7. The summed E-state index contributed by atoms with van der Waals surface area (Å²) in [7, 11) is 0. The molecule has 0 saturated heterocycles. The van der Waals surface area contributed by atoms with Gasteiger partial charge in [0.15, 0.2) is 0 Å². The molecule has 0 aliphatic rings. The van der Waals surface area contributed by atoms with Crippen LogP contribution in [0, 0.1) is 12.8 Å². The molecule has 1 atom stereocenters. The van der Waals surface area contributed by atoms with E-state index in [4.69, 9.17) is 5.11 Å². The van der Waals surface area contributed by atoms with Crippen LogP contribution in [0.1, 0.15) is 38.1 Å². The number of carboxylic acid groups (broad SMARTS) is 1. The largest absolute Gasteiger partial charge is 0.481 e. The first-order chi connectivity index (χ1) is 8.91. The van der Waals surface area contributed by atoms with Gasteiger partial charge in [-0.3, -0.25) is 4.79 Å². The van der Waals surface area contributed by atoms with E-state index in [-0.39, 0.29) is 5.92 Å². The number of carboxylic acids is 1. The molecule has 0 saturated carbocycles. The zero-order chi connectivity index (χ0) is 14.2. The second-order valence-corrected chi connectivity index (χ2v) is 5.54. The average Bonchev–Trinajstić information content (AvgIpc) is 2.66. The topological polar surface area (TPSA) is 42.2 Å². The fourth-order valence-corrected chi connectivity index (χ4v) is 2.73. The molecule has 0 fully saturated rings. The average molecular weight is 259 g/mol. The molecule has 0 radical (unpaired) electrons. The van der Waals surface area contributed by atoms with Crippen LogP contribution >= 0.6 is 0 Å². The van der Waals surface area contributed by atoms with Gasteiger partial charge in [-0.2, -0.15) is 0 Å². The van der Waals surface area contributed by atoms with E-state index in [9.17, 15) is 4.79 Å². The van der Waals surface area contributed by atoms with Gasteiger partial charge in [0.2, 0.25) is 0 Å². The van der Waals surface area contributed by atoms with Crippen molar-refractivity contribution >= 4 is 16.9 Å². The maximum atomic E-state index is 11.0. The van der Waals surface area contributed by atoms with Crippen LogP contribution in [0.15, 0.2) is 24.3 Å². The van der Waals surface area contributed by atoms with Crippen molar-refractivity contribution in [3.8, 4) is 0 Å². The number of fused-ring (bicyclic) bond motifs is 1. The summed E-state index contributed by atoms with van der Waals surface area (Å²) in [6, 6.07) is 8.73. The van der Waals surface area contributed by atoms with Gasteiger partial charge in [-0.1, -0.05) is 19.1 Å². The van der Waals surface area contributed by atoms with Gasteiger partial charge in [-0.25, -0.2) is 0 Å². The lowest BCUT2D eigenvalue weighted by Crippen LogP contribution is -2.12. The number of nitrogens with zero attached hydrogens (tertiary/aromatic N) is 1. The molecule has 0 amide bonds. The molecule has 19 heavy (non-hydrogen) atoms. The maximum absolute atomic E-state index is 11.0. The highest BCUT2D eigenvalue weighted by Gasteiger charge is 2.16. The lowest BCUT2D eigenvalue weighted by atomic mass is 9.98. The van der Waals surface area contributed by atoms with Crippen LogP contribution in [0.4, 0.5) is 0 Å². The molecule has 1 aromatic heterocycles. The van der Waals surface area contributed by atoms with Gasteiger partial charge in [0, 0.05) is 22.6 Å². The molecule has 0 aliphatic heterocycles. The summed E-state index contributed by atoms with van der Waals surface area (Å²) in [5, 5.41) is 10.2. The predicted octanol–water partition coefficient (Wildman–Crippen LogP) is 3.79. The molecule has 0 bridgehead atoms. The van der Waals surface area contributed by atoms with Crippen LogP contribution in [0.5, 0.6) is 0 Å². The summed E-state index contributed by atoms with van der Waals surface area (Å²) in [6.07, 6.45) is 0.578. The van der Waals surface area contributed by atoms with E-state index in [1.807, 2.05) is 12.1 Å². The molecule has 2 rings (SSSR count). The molecule has 3 nitrogen and oxygen atoms in total. The van der Waals surface area contributed by atoms with Crippen molar-refractivity contribution < 1.29 is 9.90 Å². The van der Waals surface area contributed by atoms with Crippen molar-refractivity contribution in [2.45, 2.75) is 40.2 Å². The Hall–Kier alpha value is -1.77. The van der Waals surface area contributed by atoms with Gasteiger partial charge in [0.25, 0.3) is 0 Å². The fraction of sp³-hybridized carbons (Fsp3) is 0.438. The Labute approximate surface area is 113 Å². The van der Waals surface area contributed by atoms with E-state index in [1.165, 1.54) is 16.6 Å². The van der Waals surface area contributed by atoms with Gasteiger partial charge >= 0.3 is 5.97 Å². The zero-order valence-corrected chi connectivity index (χ0v) is 12.0. The quantitative estimate of drug-likeness (QED) is 0.907. The van der Waals surface area contributed by atoms with Gasteiger partial charge in [-0.15, -0.1) is 0 Å². The second-order valence-electron chi connectivity index (χ2n) is 5.54. The highest BCUT2D eigenvalue weighted by Crippen LogP contribution is 2.27. The van der Waals surface area contributed by atoms with Crippen LogP contribution in [-0.4, -0.2) is 15.6 Å². The Morgan fingerprint density at radius 1 is 1.32 bits per heavy atom. The lowest BCUT2D eigenvalue weighted by Gasteiger charge is -2.13. The number of carbonyl (C=O) groups is 1. The van der Waals surface area contributed by atoms with E-state index >= 15 is 0 Å². The van der Waals surface area contributed by atoms with Crippen LogP contribution in [0.25, 0.3) is 10.9 Å². The third kappa shape index (κ3) is 2.50. The maximum Gasteiger partial charge on any atom is 0.306 e. The smallest absolute Gasteiger partial charge is 0.306 e. The number of aromatic nitrogens is 1. The highest BCUT2D eigenvalue weighted by molar-refractivity contribution is 5.85. The Balaban J connectivity index is 2.52. The molecule has 3 heteroatoms. The number of hydrogen-bond donors (Lipinski definition) is 1. The number of hydrogen-bond acceptors (Lipinski definition) is 1. The van der Waals surface area contributed by atoms with Crippen LogP contribution in [0.2, 0.25) is 0 Å². The molecular formula is C16H21NO2. The summed E-state index contributed by atoms with van der Waals surface area (Å²) < 4.78 is 2.30. The van der Waals surface area contributed by atoms with Crippen molar-refractivity contribution in [2.75, 3.05) is 0 Å². The molecule has 1 aromatic carbocycles. The van der Waals surface area contributed by atoms with Gasteiger partial charge in [0.1, 0.15) is 0 Å². The highest BCUT2D eigenvalue weighted by atomic mass is 16.4. The Bertz CT molecular complexity index is 610. The van der Waals surface area contributed by atoms with Crippen molar-refractivity contribution in [3.63, 3.8) is 0 Å². The van der Waals surface area contributed by atoms with Crippen LogP contribution < -0.4 is 0 Å². The van der Waals surface area contributed by atoms with Gasteiger partial charge in [-0.05, 0) is 44.9 Å². The SMILES string of the molecule is Cc1cc2c(CC(C)C(=O)O)cccc2n1C(C)C. The van der Waals surface area contributed by atoms with Crippen molar-refractivity contribution in [1.82, 2.24) is 4.57 Å². The summed E-state index contributed by atoms with van der Waals surface area (Å²) in [5.41, 5.74) is 3.54.